The first kappa shape index (κ1) is 13.9. The first-order chi connectivity index (χ1) is 9.79. The molecule has 0 aliphatic heterocycles. The van der Waals surface area contributed by atoms with Gasteiger partial charge in [-0.1, -0.05) is 24.2 Å². The van der Waals surface area contributed by atoms with Crippen molar-refractivity contribution >= 4 is 16.3 Å². The van der Waals surface area contributed by atoms with E-state index in [1.165, 1.54) is 25.7 Å². The zero-order valence-electron chi connectivity index (χ0n) is 11.8. The summed E-state index contributed by atoms with van der Waals surface area (Å²) in [6, 6.07) is -0.0340. The van der Waals surface area contributed by atoms with E-state index in [4.69, 9.17) is 10.5 Å². The maximum atomic E-state index is 6.19. The maximum Gasteiger partial charge on any atom is 0.234 e. The van der Waals surface area contributed by atoms with Crippen LogP contribution < -0.4 is 5.73 Å². The third-order valence-corrected chi connectivity index (χ3v) is 4.96. The molecular weight excluding hydrogens is 274 g/mol. The van der Waals surface area contributed by atoms with Crippen LogP contribution in [0.3, 0.4) is 0 Å². The predicted molar refractivity (Wildman–Crippen MR) is 77.9 cm³/mol. The highest BCUT2D eigenvalue weighted by Crippen LogP contribution is 2.34. The lowest BCUT2D eigenvalue weighted by atomic mass is 10.1. The largest absolute Gasteiger partial charge is 0.385 e. The summed E-state index contributed by atoms with van der Waals surface area (Å²) in [6.45, 7) is 0.741. The van der Waals surface area contributed by atoms with Crippen LogP contribution in [0.4, 0.5) is 0 Å². The fraction of sp³-hybridized carbons (Fsp3) is 0.769. The molecule has 1 aliphatic rings. The zero-order valence-corrected chi connectivity index (χ0v) is 12.6. The van der Waals surface area contributed by atoms with E-state index >= 15 is 0 Å². The normalized spacial score (nSPS) is 18.1. The van der Waals surface area contributed by atoms with Crippen LogP contribution in [-0.2, 0) is 4.74 Å². The van der Waals surface area contributed by atoms with Crippen LogP contribution >= 0.6 is 11.3 Å². The van der Waals surface area contributed by atoms with Gasteiger partial charge < -0.3 is 10.5 Å². The minimum absolute atomic E-state index is 0.0340. The summed E-state index contributed by atoms with van der Waals surface area (Å²) in [5.74, 6) is 1.54. The molecule has 0 aromatic carbocycles. The highest BCUT2D eigenvalue weighted by Gasteiger charge is 2.24. The van der Waals surface area contributed by atoms with Crippen molar-refractivity contribution in [3.63, 3.8) is 0 Å². The monoisotopic (exact) mass is 295 g/mol. The number of hydrogen-bond donors (Lipinski definition) is 1. The van der Waals surface area contributed by atoms with Gasteiger partial charge in [-0.3, -0.25) is 0 Å². The number of fused-ring (bicyclic) bond motifs is 1. The molecule has 2 aromatic rings. The third-order valence-electron chi connectivity index (χ3n) is 3.93. The van der Waals surface area contributed by atoms with Gasteiger partial charge in [0, 0.05) is 19.6 Å². The Kier molecular flexibility index (Phi) is 4.28. The van der Waals surface area contributed by atoms with E-state index in [-0.39, 0.29) is 6.04 Å². The lowest BCUT2D eigenvalue weighted by molar-refractivity contribution is 0.190. The van der Waals surface area contributed by atoms with E-state index in [0.29, 0.717) is 5.92 Å². The smallest absolute Gasteiger partial charge is 0.234 e. The molecule has 1 unspecified atom stereocenters. The molecule has 0 saturated heterocycles. The summed E-state index contributed by atoms with van der Waals surface area (Å²) in [5, 5.41) is 14.2. The van der Waals surface area contributed by atoms with Gasteiger partial charge >= 0.3 is 0 Å². The van der Waals surface area contributed by atoms with Crippen LogP contribution in [0.5, 0.6) is 0 Å². The molecule has 2 heterocycles. The number of aromatic nitrogens is 4. The summed E-state index contributed by atoms with van der Waals surface area (Å²) in [4.78, 5) is 0.865. The zero-order chi connectivity index (χ0) is 13.9. The Bertz CT molecular complexity index is 560. The first-order valence-electron chi connectivity index (χ1n) is 7.26. The molecule has 20 heavy (non-hydrogen) atoms. The fourth-order valence-electron chi connectivity index (χ4n) is 2.81. The summed E-state index contributed by atoms with van der Waals surface area (Å²) >= 11 is 1.56. The van der Waals surface area contributed by atoms with Crippen molar-refractivity contribution in [1.29, 1.82) is 0 Å². The van der Waals surface area contributed by atoms with Gasteiger partial charge in [-0.2, -0.15) is 9.61 Å². The molecule has 110 valence electrons. The standard InChI is InChI=1S/C13H21N5OS/c1-19-8-4-7-10(14)12-17-18-11(9-5-2-3-6-9)15-16-13(18)20-12/h9-10H,2-8,14H2,1H3. The van der Waals surface area contributed by atoms with Gasteiger partial charge in [0.1, 0.15) is 5.01 Å². The molecule has 6 nitrogen and oxygen atoms in total. The van der Waals surface area contributed by atoms with Crippen LogP contribution in [0.2, 0.25) is 0 Å². The summed E-state index contributed by atoms with van der Waals surface area (Å²) in [6.07, 6.45) is 6.81. The molecule has 0 spiro atoms. The fourth-order valence-corrected chi connectivity index (χ4v) is 3.69. The van der Waals surface area contributed by atoms with Gasteiger partial charge in [0.15, 0.2) is 5.82 Å². The van der Waals surface area contributed by atoms with Gasteiger partial charge in [0.25, 0.3) is 0 Å². The van der Waals surface area contributed by atoms with Crippen LogP contribution in [0.1, 0.15) is 61.3 Å². The summed E-state index contributed by atoms with van der Waals surface area (Å²) in [7, 11) is 1.71. The molecule has 0 amide bonds. The predicted octanol–water partition coefficient (Wildman–Crippen LogP) is 2.27. The number of rotatable bonds is 6. The Hall–Kier alpha value is -1.05. The van der Waals surface area contributed by atoms with Crippen LogP contribution in [0, 0.1) is 0 Å². The minimum Gasteiger partial charge on any atom is -0.385 e. The van der Waals surface area contributed by atoms with Crippen LogP contribution in [-0.4, -0.2) is 33.5 Å². The number of ether oxygens (including phenoxy) is 1. The molecule has 0 bridgehead atoms. The average Bonchev–Trinajstić information content (AvgIpc) is 3.14. The molecule has 2 N–H and O–H groups in total. The molecule has 1 aliphatic carbocycles. The van der Waals surface area contributed by atoms with Crippen LogP contribution in [0.15, 0.2) is 0 Å². The van der Waals surface area contributed by atoms with Gasteiger partial charge in [-0.25, -0.2) is 0 Å². The maximum absolute atomic E-state index is 6.19. The van der Waals surface area contributed by atoms with E-state index in [2.05, 4.69) is 15.3 Å². The lowest BCUT2D eigenvalue weighted by Crippen LogP contribution is -2.12. The Morgan fingerprint density at radius 3 is 2.95 bits per heavy atom. The van der Waals surface area contributed by atoms with Crippen molar-refractivity contribution in [2.75, 3.05) is 13.7 Å². The van der Waals surface area contributed by atoms with Crippen molar-refractivity contribution in [3.8, 4) is 0 Å². The van der Waals surface area contributed by atoms with Crippen LogP contribution in [0.25, 0.3) is 4.96 Å². The molecule has 1 fully saturated rings. The Balaban J connectivity index is 1.76. The highest BCUT2D eigenvalue weighted by molar-refractivity contribution is 7.16. The molecular formula is C13H21N5OS. The quantitative estimate of drug-likeness (QED) is 0.827. The van der Waals surface area contributed by atoms with E-state index in [1.54, 1.807) is 18.4 Å². The SMILES string of the molecule is COCCCC(N)c1nn2c(C3CCCC3)nnc2s1. The lowest BCUT2D eigenvalue weighted by Gasteiger charge is -2.07. The molecule has 0 radical (unpaired) electrons. The first-order valence-corrected chi connectivity index (χ1v) is 8.08. The average molecular weight is 295 g/mol. The third kappa shape index (κ3) is 2.70. The molecule has 7 heteroatoms. The number of nitrogens with two attached hydrogens (primary N) is 1. The minimum atomic E-state index is -0.0340. The van der Waals surface area contributed by atoms with Gasteiger partial charge in [0.05, 0.1) is 6.04 Å². The van der Waals surface area contributed by atoms with E-state index in [1.807, 2.05) is 4.52 Å². The van der Waals surface area contributed by atoms with Crippen molar-refractivity contribution in [2.24, 2.45) is 5.73 Å². The highest BCUT2D eigenvalue weighted by atomic mass is 32.1. The Morgan fingerprint density at radius 2 is 2.20 bits per heavy atom. The second kappa shape index (κ2) is 6.15. The van der Waals surface area contributed by atoms with E-state index in [9.17, 15) is 0 Å². The number of methoxy groups -OCH3 is 1. The second-order valence-electron chi connectivity index (χ2n) is 5.42. The molecule has 3 rings (SSSR count). The molecule has 1 atom stereocenters. The Morgan fingerprint density at radius 1 is 1.40 bits per heavy atom. The van der Waals surface area contributed by atoms with Gasteiger partial charge in [-0.05, 0) is 25.7 Å². The van der Waals surface area contributed by atoms with E-state index < -0.39 is 0 Å². The summed E-state index contributed by atoms with van der Waals surface area (Å²) in [5.41, 5.74) is 6.19. The number of hydrogen-bond acceptors (Lipinski definition) is 6. The Labute approximate surface area is 122 Å². The van der Waals surface area contributed by atoms with Crippen molar-refractivity contribution in [2.45, 2.75) is 50.5 Å². The second-order valence-corrected chi connectivity index (χ2v) is 6.40. The van der Waals surface area contributed by atoms with Crippen molar-refractivity contribution in [1.82, 2.24) is 19.8 Å². The van der Waals surface area contributed by atoms with Crippen molar-refractivity contribution < 1.29 is 4.74 Å². The topological polar surface area (TPSA) is 78.3 Å². The summed E-state index contributed by atoms with van der Waals surface area (Å²) < 4.78 is 6.97. The van der Waals surface area contributed by atoms with Gasteiger partial charge in [-0.15, -0.1) is 10.2 Å². The van der Waals surface area contributed by atoms with E-state index in [0.717, 1.165) is 35.2 Å². The number of nitrogens with zero attached hydrogens (tertiary/aromatic N) is 4. The van der Waals surface area contributed by atoms with Gasteiger partial charge in [0.2, 0.25) is 4.96 Å². The molecule has 2 aromatic heterocycles. The molecule has 1 saturated carbocycles. The van der Waals surface area contributed by atoms with Crippen molar-refractivity contribution in [3.05, 3.63) is 10.8 Å².